The maximum absolute atomic E-state index is 9.10. The van der Waals surface area contributed by atoms with Gasteiger partial charge in [-0.15, -0.1) is 0 Å². The molecule has 0 fully saturated rings. The first kappa shape index (κ1) is 13.2. The molecule has 0 saturated carbocycles. The Hall–Kier alpha value is -2.21. The van der Waals surface area contributed by atoms with Crippen molar-refractivity contribution in [2.75, 3.05) is 5.32 Å². The smallest absolute Gasteiger partial charge is 0.0766 e. The van der Waals surface area contributed by atoms with Crippen LogP contribution in [0.25, 0.3) is 0 Å². The molecule has 0 atom stereocenters. The third-order valence-corrected chi connectivity index (χ3v) is 3.28. The van der Waals surface area contributed by atoms with Crippen LogP contribution >= 0.6 is 0 Å². The molecule has 0 aliphatic rings. The van der Waals surface area contributed by atoms with Crippen molar-refractivity contribution < 1.29 is 0 Å². The quantitative estimate of drug-likeness (QED) is 0.906. The number of nitriles is 1. The Morgan fingerprint density at radius 3 is 2.42 bits per heavy atom. The lowest BCUT2D eigenvalue weighted by Gasteiger charge is -2.16. The van der Waals surface area contributed by atoms with Crippen LogP contribution < -0.4 is 5.32 Å². The number of benzene rings is 1. The zero-order chi connectivity index (χ0) is 13.9. The predicted molar refractivity (Wildman–Crippen MR) is 77.8 cm³/mol. The normalized spacial score (nSPS) is 11.1. The van der Waals surface area contributed by atoms with Crippen LogP contribution in [0, 0.1) is 11.3 Å². The van der Waals surface area contributed by atoms with Crippen molar-refractivity contribution in [3.63, 3.8) is 0 Å². The first-order valence-electron chi connectivity index (χ1n) is 6.38. The van der Waals surface area contributed by atoms with Crippen molar-refractivity contribution in [1.29, 1.82) is 5.26 Å². The lowest BCUT2D eigenvalue weighted by atomic mass is 9.86. The Morgan fingerprint density at radius 1 is 1.21 bits per heavy atom. The number of nitrogens with one attached hydrogen (secondary N) is 1. The summed E-state index contributed by atoms with van der Waals surface area (Å²) in [5.74, 6) is 0. The van der Waals surface area contributed by atoms with E-state index < -0.39 is 5.41 Å². The van der Waals surface area contributed by atoms with E-state index in [0.717, 1.165) is 17.8 Å². The van der Waals surface area contributed by atoms with Gasteiger partial charge in [0.05, 0.1) is 11.5 Å². The Labute approximate surface area is 114 Å². The Morgan fingerprint density at radius 2 is 1.89 bits per heavy atom. The van der Waals surface area contributed by atoms with Gasteiger partial charge in [-0.2, -0.15) is 5.26 Å². The number of nitrogens with zero attached hydrogens (tertiary/aromatic N) is 2. The minimum Gasteiger partial charge on any atom is -0.381 e. The highest BCUT2D eigenvalue weighted by Gasteiger charge is 2.18. The van der Waals surface area contributed by atoms with Crippen LogP contribution in [0.2, 0.25) is 0 Å². The molecule has 2 rings (SSSR count). The molecule has 0 unspecified atom stereocenters. The highest BCUT2D eigenvalue weighted by Crippen LogP contribution is 2.23. The number of aryl methyl sites for hydroxylation is 1. The fourth-order valence-corrected chi connectivity index (χ4v) is 1.94. The first-order valence-corrected chi connectivity index (χ1v) is 6.38. The van der Waals surface area contributed by atoms with E-state index >= 15 is 0 Å². The van der Waals surface area contributed by atoms with Gasteiger partial charge >= 0.3 is 0 Å². The molecule has 1 aromatic carbocycles. The molecule has 0 radical (unpaired) electrons. The minimum atomic E-state index is -0.433. The van der Waals surface area contributed by atoms with E-state index in [1.165, 1.54) is 5.56 Å². The summed E-state index contributed by atoms with van der Waals surface area (Å²) in [7, 11) is 2.02. The summed E-state index contributed by atoms with van der Waals surface area (Å²) < 4.78 is 2.04. The molecule has 1 aromatic heterocycles. The van der Waals surface area contributed by atoms with Crippen molar-refractivity contribution >= 4 is 5.69 Å². The fraction of sp³-hybridized carbons (Fsp3) is 0.312. The van der Waals surface area contributed by atoms with Crippen LogP contribution in [0.1, 0.15) is 25.0 Å². The van der Waals surface area contributed by atoms with Gasteiger partial charge in [0, 0.05) is 31.7 Å². The minimum absolute atomic E-state index is 0.433. The van der Waals surface area contributed by atoms with Crippen LogP contribution in [0.3, 0.4) is 0 Å². The maximum Gasteiger partial charge on any atom is 0.0766 e. The van der Waals surface area contributed by atoms with E-state index in [9.17, 15) is 0 Å². The second-order valence-electron chi connectivity index (χ2n) is 5.35. The van der Waals surface area contributed by atoms with Crippen LogP contribution in [0.15, 0.2) is 42.7 Å². The maximum atomic E-state index is 9.10. The lowest BCUT2D eigenvalue weighted by Crippen LogP contribution is -2.13. The van der Waals surface area contributed by atoms with Gasteiger partial charge in [-0.05, 0) is 43.2 Å². The van der Waals surface area contributed by atoms with Gasteiger partial charge in [0.2, 0.25) is 0 Å². The zero-order valence-corrected chi connectivity index (χ0v) is 11.6. The summed E-state index contributed by atoms with van der Waals surface area (Å²) in [6.07, 6.45) is 4.13. The second-order valence-corrected chi connectivity index (χ2v) is 5.35. The summed E-state index contributed by atoms with van der Waals surface area (Å²) in [4.78, 5) is 0. The SMILES string of the molecule is Cn1ccc(CNc2ccc(C(C)(C)C#N)cc2)c1. The molecule has 98 valence electrons. The predicted octanol–water partition coefficient (Wildman–Crippen LogP) is 3.44. The molecule has 19 heavy (non-hydrogen) atoms. The first-order chi connectivity index (χ1) is 9.01. The molecule has 1 heterocycles. The zero-order valence-electron chi connectivity index (χ0n) is 11.6. The van der Waals surface area contributed by atoms with Gasteiger partial charge in [-0.3, -0.25) is 0 Å². The van der Waals surface area contributed by atoms with Gasteiger partial charge in [0.25, 0.3) is 0 Å². The molecule has 0 saturated heterocycles. The van der Waals surface area contributed by atoms with Gasteiger partial charge in [-0.1, -0.05) is 12.1 Å². The monoisotopic (exact) mass is 253 g/mol. The third-order valence-electron chi connectivity index (χ3n) is 3.28. The van der Waals surface area contributed by atoms with Crippen molar-refractivity contribution in [3.05, 3.63) is 53.9 Å². The molecule has 0 aliphatic carbocycles. The Balaban J connectivity index is 2.02. The van der Waals surface area contributed by atoms with E-state index in [0.29, 0.717) is 0 Å². The van der Waals surface area contributed by atoms with Gasteiger partial charge < -0.3 is 9.88 Å². The Bertz CT molecular complexity index is 585. The summed E-state index contributed by atoms with van der Waals surface area (Å²) >= 11 is 0. The van der Waals surface area contributed by atoms with Crippen LogP contribution in [-0.2, 0) is 19.0 Å². The van der Waals surface area contributed by atoms with E-state index in [-0.39, 0.29) is 0 Å². The van der Waals surface area contributed by atoms with Crippen molar-refractivity contribution in [3.8, 4) is 6.07 Å². The average molecular weight is 253 g/mol. The second kappa shape index (κ2) is 5.19. The van der Waals surface area contributed by atoms with Crippen molar-refractivity contribution in [1.82, 2.24) is 4.57 Å². The summed E-state index contributed by atoms with van der Waals surface area (Å²) in [5.41, 5.74) is 2.93. The van der Waals surface area contributed by atoms with E-state index in [2.05, 4.69) is 23.6 Å². The van der Waals surface area contributed by atoms with E-state index in [4.69, 9.17) is 5.26 Å². The number of rotatable bonds is 4. The molecule has 3 heteroatoms. The molecular weight excluding hydrogens is 234 g/mol. The topological polar surface area (TPSA) is 40.8 Å². The van der Waals surface area contributed by atoms with E-state index in [1.54, 1.807) is 0 Å². The number of hydrogen-bond donors (Lipinski definition) is 1. The number of anilines is 1. The molecule has 0 spiro atoms. The largest absolute Gasteiger partial charge is 0.381 e. The van der Waals surface area contributed by atoms with Crippen LogP contribution in [-0.4, -0.2) is 4.57 Å². The molecule has 0 aliphatic heterocycles. The molecule has 0 amide bonds. The molecule has 1 N–H and O–H groups in total. The van der Waals surface area contributed by atoms with Crippen molar-refractivity contribution in [2.45, 2.75) is 25.8 Å². The molecular formula is C16H19N3. The van der Waals surface area contributed by atoms with Crippen LogP contribution in [0.5, 0.6) is 0 Å². The highest BCUT2D eigenvalue weighted by atomic mass is 14.9. The standard InChI is InChI=1S/C16H19N3/c1-16(2,12-17)14-4-6-15(7-5-14)18-10-13-8-9-19(3)11-13/h4-9,11,18H,10H2,1-3H3. The van der Waals surface area contributed by atoms with Gasteiger partial charge in [0.15, 0.2) is 0 Å². The Kier molecular flexibility index (Phi) is 3.62. The highest BCUT2D eigenvalue weighted by molar-refractivity contribution is 5.47. The molecule has 3 nitrogen and oxygen atoms in total. The third kappa shape index (κ3) is 3.17. The van der Waals surface area contributed by atoms with Crippen LogP contribution in [0.4, 0.5) is 5.69 Å². The summed E-state index contributed by atoms with van der Waals surface area (Å²) in [6, 6.07) is 12.5. The molecule has 0 bridgehead atoms. The number of hydrogen-bond acceptors (Lipinski definition) is 2. The fourth-order valence-electron chi connectivity index (χ4n) is 1.94. The van der Waals surface area contributed by atoms with E-state index in [1.807, 2.05) is 55.9 Å². The lowest BCUT2D eigenvalue weighted by molar-refractivity contribution is 0.687. The van der Waals surface area contributed by atoms with Gasteiger partial charge in [0.1, 0.15) is 0 Å². The van der Waals surface area contributed by atoms with Crippen molar-refractivity contribution in [2.24, 2.45) is 7.05 Å². The average Bonchev–Trinajstić information content (AvgIpc) is 2.83. The summed E-state index contributed by atoms with van der Waals surface area (Å²) in [5, 5.41) is 12.5. The molecule has 2 aromatic rings. The van der Waals surface area contributed by atoms with Gasteiger partial charge in [-0.25, -0.2) is 0 Å². The number of aromatic nitrogens is 1. The summed E-state index contributed by atoms with van der Waals surface area (Å²) in [6.45, 7) is 4.67.